The van der Waals surface area contributed by atoms with Crippen LogP contribution in [0.15, 0.2) is 30.5 Å². The first kappa shape index (κ1) is 12.7. The molecule has 1 aliphatic heterocycles. The van der Waals surface area contributed by atoms with Gasteiger partial charge in [0, 0.05) is 31.0 Å². The van der Waals surface area contributed by atoms with E-state index in [-0.39, 0.29) is 0 Å². The van der Waals surface area contributed by atoms with Crippen molar-refractivity contribution < 1.29 is 4.74 Å². The molecule has 0 amide bonds. The highest BCUT2D eigenvalue weighted by Gasteiger charge is 2.21. The first-order chi connectivity index (χ1) is 9.76. The molecule has 0 bridgehead atoms. The van der Waals surface area contributed by atoms with Gasteiger partial charge in [0.25, 0.3) is 0 Å². The third-order valence-electron chi connectivity index (χ3n) is 3.31. The van der Waals surface area contributed by atoms with Gasteiger partial charge in [0.2, 0.25) is 11.8 Å². The Hall–Kier alpha value is -2.30. The van der Waals surface area contributed by atoms with Crippen LogP contribution in [0, 0.1) is 0 Å². The zero-order valence-electron chi connectivity index (χ0n) is 11.5. The van der Waals surface area contributed by atoms with E-state index in [0.717, 1.165) is 25.2 Å². The molecule has 0 fully saturated rings. The van der Waals surface area contributed by atoms with E-state index in [1.807, 2.05) is 12.1 Å². The minimum Gasteiger partial charge on any atom is -0.478 e. The number of aromatic nitrogens is 2. The molecule has 104 valence electrons. The number of hydrogen-bond donors (Lipinski definition) is 1. The van der Waals surface area contributed by atoms with E-state index < -0.39 is 0 Å². The standard InChI is InChI=1S/C15H18N4O/c1-2-7-20-14-5-6-17-15(18-14)19-9-11-3-4-13(16)8-12(11)10-19/h3-6,8H,2,7,9-10,16H2,1H3. The summed E-state index contributed by atoms with van der Waals surface area (Å²) in [5.74, 6) is 1.33. The van der Waals surface area contributed by atoms with Crippen LogP contribution in [-0.4, -0.2) is 16.6 Å². The van der Waals surface area contributed by atoms with Crippen molar-refractivity contribution in [2.24, 2.45) is 0 Å². The van der Waals surface area contributed by atoms with Gasteiger partial charge in [-0.05, 0) is 29.7 Å². The van der Waals surface area contributed by atoms with Crippen LogP contribution < -0.4 is 15.4 Å². The predicted octanol–water partition coefficient (Wildman–Crippen LogP) is 2.37. The van der Waals surface area contributed by atoms with Crippen LogP contribution >= 0.6 is 0 Å². The van der Waals surface area contributed by atoms with Gasteiger partial charge in [0.1, 0.15) is 0 Å². The molecular weight excluding hydrogens is 252 g/mol. The summed E-state index contributed by atoms with van der Waals surface area (Å²) in [5.41, 5.74) is 9.15. The molecule has 5 nitrogen and oxygen atoms in total. The maximum absolute atomic E-state index is 5.82. The summed E-state index contributed by atoms with van der Waals surface area (Å²) in [4.78, 5) is 10.9. The molecule has 0 atom stereocenters. The van der Waals surface area contributed by atoms with Crippen LogP contribution in [-0.2, 0) is 13.1 Å². The van der Waals surface area contributed by atoms with Crippen molar-refractivity contribution >= 4 is 11.6 Å². The average Bonchev–Trinajstić information content (AvgIpc) is 2.88. The van der Waals surface area contributed by atoms with Gasteiger partial charge >= 0.3 is 0 Å². The maximum atomic E-state index is 5.82. The summed E-state index contributed by atoms with van der Waals surface area (Å²) in [6, 6.07) is 7.82. The Morgan fingerprint density at radius 3 is 2.95 bits per heavy atom. The van der Waals surface area contributed by atoms with Gasteiger partial charge in [-0.25, -0.2) is 4.98 Å². The second kappa shape index (κ2) is 5.36. The lowest BCUT2D eigenvalue weighted by Crippen LogP contribution is -2.17. The minimum atomic E-state index is 0.632. The van der Waals surface area contributed by atoms with Crippen molar-refractivity contribution in [1.29, 1.82) is 0 Å². The second-order valence-corrected chi connectivity index (χ2v) is 4.93. The third-order valence-corrected chi connectivity index (χ3v) is 3.31. The molecule has 3 rings (SSSR count). The third kappa shape index (κ3) is 2.52. The molecule has 0 aliphatic carbocycles. The van der Waals surface area contributed by atoms with Crippen LogP contribution in [0.2, 0.25) is 0 Å². The molecule has 0 radical (unpaired) electrons. The van der Waals surface area contributed by atoms with E-state index in [0.29, 0.717) is 18.4 Å². The fourth-order valence-corrected chi connectivity index (χ4v) is 2.33. The van der Waals surface area contributed by atoms with Crippen LogP contribution in [0.4, 0.5) is 11.6 Å². The normalized spacial score (nSPS) is 13.3. The summed E-state index contributed by atoms with van der Waals surface area (Å²) < 4.78 is 5.55. The molecule has 1 aromatic heterocycles. The predicted molar refractivity (Wildman–Crippen MR) is 78.6 cm³/mol. The molecule has 2 aromatic rings. The molecule has 2 N–H and O–H groups in total. The smallest absolute Gasteiger partial charge is 0.229 e. The highest BCUT2D eigenvalue weighted by molar-refractivity contribution is 5.51. The molecular formula is C15H18N4O. The number of ether oxygens (including phenoxy) is 1. The van der Waals surface area contributed by atoms with Gasteiger partial charge in [-0.15, -0.1) is 0 Å². The van der Waals surface area contributed by atoms with Crippen molar-refractivity contribution in [2.45, 2.75) is 26.4 Å². The van der Waals surface area contributed by atoms with E-state index in [1.54, 1.807) is 12.3 Å². The largest absolute Gasteiger partial charge is 0.478 e. The van der Waals surface area contributed by atoms with Crippen LogP contribution in [0.1, 0.15) is 24.5 Å². The number of nitrogens with zero attached hydrogens (tertiary/aromatic N) is 3. The summed E-state index contributed by atoms with van der Waals surface area (Å²) in [6.07, 6.45) is 2.71. The quantitative estimate of drug-likeness (QED) is 0.864. The molecule has 0 saturated heterocycles. The molecule has 5 heteroatoms. The van der Waals surface area contributed by atoms with Gasteiger partial charge in [-0.1, -0.05) is 13.0 Å². The average molecular weight is 270 g/mol. The summed E-state index contributed by atoms with van der Waals surface area (Å²) >= 11 is 0. The summed E-state index contributed by atoms with van der Waals surface area (Å²) in [5, 5.41) is 0. The topological polar surface area (TPSA) is 64.3 Å². The highest BCUT2D eigenvalue weighted by atomic mass is 16.5. The first-order valence-electron chi connectivity index (χ1n) is 6.84. The lowest BCUT2D eigenvalue weighted by molar-refractivity contribution is 0.304. The molecule has 0 saturated carbocycles. The Balaban J connectivity index is 1.78. The maximum Gasteiger partial charge on any atom is 0.229 e. The highest BCUT2D eigenvalue weighted by Crippen LogP contribution is 2.27. The van der Waals surface area contributed by atoms with Crippen molar-refractivity contribution in [2.75, 3.05) is 17.2 Å². The van der Waals surface area contributed by atoms with Crippen LogP contribution in [0.5, 0.6) is 5.88 Å². The van der Waals surface area contributed by atoms with Crippen molar-refractivity contribution in [3.63, 3.8) is 0 Å². The number of fused-ring (bicyclic) bond motifs is 1. The van der Waals surface area contributed by atoms with Crippen LogP contribution in [0.3, 0.4) is 0 Å². The molecule has 0 spiro atoms. The fraction of sp³-hybridized carbons (Fsp3) is 0.333. The van der Waals surface area contributed by atoms with E-state index in [1.165, 1.54) is 11.1 Å². The number of benzene rings is 1. The summed E-state index contributed by atoms with van der Waals surface area (Å²) in [7, 11) is 0. The van der Waals surface area contributed by atoms with E-state index in [4.69, 9.17) is 10.5 Å². The lowest BCUT2D eigenvalue weighted by atomic mass is 10.1. The zero-order chi connectivity index (χ0) is 13.9. The van der Waals surface area contributed by atoms with Crippen LogP contribution in [0.25, 0.3) is 0 Å². The van der Waals surface area contributed by atoms with Crippen molar-refractivity contribution in [3.8, 4) is 5.88 Å². The van der Waals surface area contributed by atoms with Gasteiger partial charge in [-0.3, -0.25) is 0 Å². The van der Waals surface area contributed by atoms with E-state index in [9.17, 15) is 0 Å². The van der Waals surface area contributed by atoms with Crippen molar-refractivity contribution in [3.05, 3.63) is 41.6 Å². The van der Waals surface area contributed by atoms with Gasteiger partial charge in [-0.2, -0.15) is 4.98 Å². The Morgan fingerprint density at radius 2 is 2.10 bits per heavy atom. The Kier molecular flexibility index (Phi) is 3.41. The molecule has 1 aromatic carbocycles. The molecule has 0 unspecified atom stereocenters. The van der Waals surface area contributed by atoms with E-state index >= 15 is 0 Å². The number of hydrogen-bond acceptors (Lipinski definition) is 5. The minimum absolute atomic E-state index is 0.632. The zero-order valence-corrected chi connectivity index (χ0v) is 11.5. The summed E-state index contributed by atoms with van der Waals surface area (Å²) in [6.45, 7) is 4.35. The second-order valence-electron chi connectivity index (χ2n) is 4.93. The van der Waals surface area contributed by atoms with Crippen molar-refractivity contribution in [1.82, 2.24) is 9.97 Å². The number of nitrogen functional groups attached to an aromatic ring is 1. The molecule has 1 aliphatic rings. The Morgan fingerprint density at radius 1 is 1.25 bits per heavy atom. The fourth-order valence-electron chi connectivity index (χ4n) is 2.33. The monoisotopic (exact) mass is 270 g/mol. The number of anilines is 2. The van der Waals surface area contributed by atoms with Gasteiger partial charge in [0.15, 0.2) is 0 Å². The van der Waals surface area contributed by atoms with Gasteiger partial charge < -0.3 is 15.4 Å². The SMILES string of the molecule is CCCOc1ccnc(N2Cc3ccc(N)cc3C2)n1. The Bertz CT molecular complexity index is 615. The number of rotatable bonds is 4. The molecule has 2 heterocycles. The Labute approximate surface area is 118 Å². The molecule has 20 heavy (non-hydrogen) atoms. The van der Waals surface area contributed by atoms with E-state index in [2.05, 4.69) is 27.9 Å². The van der Waals surface area contributed by atoms with Gasteiger partial charge in [0.05, 0.1) is 6.61 Å². The number of nitrogens with two attached hydrogens (primary N) is 1. The lowest BCUT2D eigenvalue weighted by Gasteiger charge is -2.15. The first-order valence-corrected chi connectivity index (χ1v) is 6.84.